The van der Waals surface area contributed by atoms with Crippen molar-refractivity contribution in [3.05, 3.63) is 29.4 Å². The molecule has 0 bridgehead atoms. The van der Waals surface area contributed by atoms with Crippen molar-refractivity contribution in [2.75, 3.05) is 39.8 Å². The summed E-state index contributed by atoms with van der Waals surface area (Å²) in [5.74, 6) is 0.220. The topological polar surface area (TPSA) is 53.4 Å². The number of aryl methyl sites for hydroxylation is 1. The Morgan fingerprint density at radius 3 is 2.87 bits per heavy atom. The number of nitrogens with zero attached hydrogens (tertiary/aromatic N) is 4. The molecule has 1 amide bonds. The van der Waals surface area contributed by atoms with Gasteiger partial charge in [0.25, 0.3) is 0 Å². The summed E-state index contributed by atoms with van der Waals surface area (Å²) in [6.45, 7) is 4.69. The molecule has 0 saturated carbocycles. The highest BCUT2D eigenvalue weighted by Gasteiger charge is 2.18. The average molecular weight is 333 g/mol. The van der Waals surface area contributed by atoms with Gasteiger partial charge in [0.15, 0.2) is 0 Å². The minimum atomic E-state index is 0.220. The molecule has 1 fully saturated rings. The molecule has 0 atom stereocenters. The molecule has 3 rings (SSSR count). The Hall–Kier alpha value is -1.70. The SMILES string of the molecule is CN(CC(=O)N1CCNCC1)Cc1ccc(-c2cnn(C)c2)s1. The standard InChI is InChI=1S/C16H23N5OS/c1-19(12-16(22)21-7-5-17-6-8-21)11-14-3-4-15(23-14)13-9-18-20(2)10-13/h3-4,9-10,17H,5-8,11-12H2,1-2H3. The monoisotopic (exact) mass is 333 g/mol. The fourth-order valence-electron chi connectivity index (χ4n) is 2.73. The molecule has 23 heavy (non-hydrogen) atoms. The van der Waals surface area contributed by atoms with Gasteiger partial charge < -0.3 is 10.2 Å². The number of thiophene rings is 1. The Morgan fingerprint density at radius 1 is 1.39 bits per heavy atom. The van der Waals surface area contributed by atoms with Gasteiger partial charge in [0.05, 0.1) is 12.7 Å². The molecule has 0 aliphatic carbocycles. The van der Waals surface area contributed by atoms with Gasteiger partial charge in [0.1, 0.15) is 0 Å². The second-order valence-corrected chi connectivity index (χ2v) is 7.14. The molecule has 1 aliphatic heterocycles. The summed E-state index contributed by atoms with van der Waals surface area (Å²) in [4.78, 5) is 18.8. The van der Waals surface area contributed by atoms with E-state index < -0.39 is 0 Å². The summed E-state index contributed by atoms with van der Waals surface area (Å²) in [5.41, 5.74) is 1.14. The maximum Gasteiger partial charge on any atom is 0.236 e. The van der Waals surface area contributed by atoms with Crippen molar-refractivity contribution in [2.45, 2.75) is 6.54 Å². The van der Waals surface area contributed by atoms with E-state index in [2.05, 4.69) is 27.4 Å². The Bertz CT molecular complexity index is 659. The van der Waals surface area contributed by atoms with Gasteiger partial charge in [-0.2, -0.15) is 5.10 Å². The van der Waals surface area contributed by atoms with E-state index in [0.29, 0.717) is 6.54 Å². The lowest BCUT2D eigenvalue weighted by Gasteiger charge is -2.29. The first kappa shape index (κ1) is 16.2. The van der Waals surface area contributed by atoms with Crippen molar-refractivity contribution in [3.63, 3.8) is 0 Å². The van der Waals surface area contributed by atoms with Crippen LogP contribution in [0.2, 0.25) is 0 Å². The highest BCUT2D eigenvalue weighted by Crippen LogP contribution is 2.28. The fraction of sp³-hybridized carbons (Fsp3) is 0.500. The van der Waals surface area contributed by atoms with Gasteiger partial charge in [-0.05, 0) is 19.2 Å². The summed E-state index contributed by atoms with van der Waals surface area (Å²) < 4.78 is 1.81. The van der Waals surface area contributed by atoms with Gasteiger partial charge in [0.2, 0.25) is 5.91 Å². The third-order valence-corrected chi connectivity index (χ3v) is 5.07. The van der Waals surface area contributed by atoms with Gasteiger partial charge in [-0.1, -0.05) is 0 Å². The molecule has 0 spiro atoms. The number of carbonyl (C=O) groups is 1. The molecule has 3 heterocycles. The Kier molecular flexibility index (Phi) is 5.09. The lowest BCUT2D eigenvalue weighted by Crippen LogP contribution is -2.49. The molecule has 1 saturated heterocycles. The van der Waals surface area contributed by atoms with Crippen molar-refractivity contribution in [2.24, 2.45) is 7.05 Å². The molecule has 1 aliphatic rings. The van der Waals surface area contributed by atoms with E-state index in [1.165, 1.54) is 9.75 Å². The maximum atomic E-state index is 12.3. The highest BCUT2D eigenvalue weighted by atomic mass is 32.1. The summed E-state index contributed by atoms with van der Waals surface area (Å²) >= 11 is 1.76. The Balaban J connectivity index is 1.54. The Labute approximate surface area is 140 Å². The number of amides is 1. The third-order valence-electron chi connectivity index (χ3n) is 3.95. The van der Waals surface area contributed by atoms with Gasteiger partial charge in [-0.3, -0.25) is 14.4 Å². The van der Waals surface area contributed by atoms with Crippen LogP contribution in [0.5, 0.6) is 0 Å². The van der Waals surface area contributed by atoms with Gasteiger partial charge in [-0.15, -0.1) is 11.3 Å². The van der Waals surface area contributed by atoms with E-state index in [1.807, 2.05) is 36.1 Å². The molecule has 2 aromatic heterocycles. The van der Waals surface area contributed by atoms with Crippen molar-refractivity contribution in [3.8, 4) is 10.4 Å². The van der Waals surface area contributed by atoms with Gasteiger partial charge in [0, 0.05) is 61.3 Å². The van der Waals surface area contributed by atoms with Crippen LogP contribution in [0.4, 0.5) is 0 Å². The van der Waals surface area contributed by atoms with Crippen LogP contribution in [0.1, 0.15) is 4.88 Å². The first-order valence-electron chi connectivity index (χ1n) is 7.86. The molecular weight excluding hydrogens is 310 g/mol. The zero-order chi connectivity index (χ0) is 16.2. The molecule has 2 aromatic rings. The van der Waals surface area contributed by atoms with Crippen LogP contribution >= 0.6 is 11.3 Å². The number of piperazine rings is 1. The minimum Gasteiger partial charge on any atom is -0.339 e. The quantitative estimate of drug-likeness (QED) is 0.887. The van der Waals surface area contributed by atoms with Crippen LogP contribution in [-0.4, -0.2) is 65.3 Å². The van der Waals surface area contributed by atoms with Crippen molar-refractivity contribution < 1.29 is 4.79 Å². The molecule has 1 N–H and O–H groups in total. The molecule has 0 aromatic carbocycles. The summed E-state index contributed by atoms with van der Waals surface area (Å²) in [6.07, 6.45) is 3.90. The predicted octanol–water partition coefficient (Wildman–Crippen LogP) is 1.01. The second-order valence-electron chi connectivity index (χ2n) is 5.97. The first-order valence-corrected chi connectivity index (χ1v) is 8.68. The summed E-state index contributed by atoms with van der Waals surface area (Å²) in [7, 11) is 3.93. The van der Waals surface area contributed by atoms with Crippen LogP contribution < -0.4 is 5.32 Å². The van der Waals surface area contributed by atoms with Crippen molar-refractivity contribution >= 4 is 17.2 Å². The van der Waals surface area contributed by atoms with E-state index >= 15 is 0 Å². The zero-order valence-electron chi connectivity index (χ0n) is 13.7. The molecule has 6 nitrogen and oxygen atoms in total. The molecular formula is C16H23N5OS. The maximum absolute atomic E-state index is 12.3. The number of likely N-dealkylation sites (N-methyl/N-ethyl adjacent to an activating group) is 1. The second kappa shape index (κ2) is 7.25. The van der Waals surface area contributed by atoms with E-state index in [-0.39, 0.29) is 5.91 Å². The van der Waals surface area contributed by atoms with E-state index in [4.69, 9.17) is 0 Å². The Morgan fingerprint density at radius 2 is 2.17 bits per heavy atom. The van der Waals surface area contributed by atoms with Gasteiger partial charge in [-0.25, -0.2) is 0 Å². The summed E-state index contributed by atoms with van der Waals surface area (Å²) in [5, 5.41) is 7.48. The highest BCUT2D eigenvalue weighted by molar-refractivity contribution is 7.15. The number of carbonyl (C=O) groups excluding carboxylic acids is 1. The molecule has 124 valence electrons. The van der Waals surface area contributed by atoms with Crippen LogP contribution in [0.3, 0.4) is 0 Å². The van der Waals surface area contributed by atoms with E-state index in [1.54, 1.807) is 11.3 Å². The predicted molar refractivity (Wildman–Crippen MR) is 92.3 cm³/mol. The van der Waals surface area contributed by atoms with Crippen molar-refractivity contribution in [1.82, 2.24) is 24.9 Å². The van der Waals surface area contributed by atoms with Crippen LogP contribution in [-0.2, 0) is 18.4 Å². The third kappa shape index (κ3) is 4.19. The number of hydrogen-bond donors (Lipinski definition) is 1. The normalized spacial score (nSPS) is 15.3. The zero-order valence-corrected chi connectivity index (χ0v) is 14.5. The van der Waals surface area contributed by atoms with Crippen LogP contribution in [0.15, 0.2) is 24.5 Å². The van der Waals surface area contributed by atoms with Gasteiger partial charge >= 0.3 is 0 Å². The minimum absolute atomic E-state index is 0.220. The van der Waals surface area contributed by atoms with E-state index in [9.17, 15) is 4.79 Å². The lowest BCUT2D eigenvalue weighted by molar-refractivity contribution is -0.132. The molecule has 0 unspecified atom stereocenters. The van der Waals surface area contributed by atoms with E-state index in [0.717, 1.165) is 38.3 Å². The van der Waals surface area contributed by atoms with Crippen molar-refractivity contribution in [1.29, 1.82) is 0 Å². The number of aromatic nitrogens is 2. The largest absolute Gasteiger partial charge is 0.339 e. The molecule has 7 heteroatoms. The average Bonchev–Trinajstić information content (AvgIpc) is 3.17. The summed E-state index contributed by atoms with van der Waals surface area (Å²) in [6, 6.07) is 4.27. The lowest BCUT2D eigenvalue weighted by atomic mass is 10.3. The van der Waals surface area contributed by atoms with Crippen LogP contribution in [0, 0.1) is 0 Å². The number of rotatable bonds is 5. The number of nitrogens with one attached hydrogen (secondary N) is 1. The smallest absolute Gasteiger partial charge is 0.236 e. The number of hydrogen-bond acceptors (Lipinski definition) is 5. The first-order chi connectivity index (χ1) is 11.1. The van der Waals surface area contributed by atoms with Crippen LogP contribution in [0.25, 0.3) is 10.4 Å². The fourth-order valence-corrected chi connectivity index (χ4v) is 3.80. The molecule has 0 radical (unpaired) electrons.